The van der Waals surface area contributed by atoms with Crippen LogP contribution in [-0.2, 0) is 0 Å². The lowest BCUT2D eigenvalue weighted by Gasteiger charge is -1.92. The average Bonchev–Trinajstić information content (AvgIpc) is 2.52. The van der Waals surface area contributed by atoms with Gasteiger partial charge >= 0.3 is 0 Å². The summed E-state index contributed by atoms with van der Waals surface area (Å²) in [6.07, 6.45) is 0.218. The van der Waals surface area contributed by atoms with Gasteiger partial charge in [0.15, 0.2) is 0 Å². The summed E-state index contributed by atoms with van der Waals surface area (Å²) in [5.74, 6) is 5.64. The Hall–Kier alpha value is -0.780. The summed E-state index contributed by atoms with van der Waals surface area (Å²) in [5, 5.41) is 11.1. The van der Waals surface area contributed by atoms with Crippen molar-refractivity contribution in [3.05, 3.63) is 22.4 Å². The van der Waals surface area contributed by atoms with E-state index < -0.39 is 6.10 Å². The number of thiophene rings is 1. The molecule has 1 rings (SSSR count). The predicted molar refractivity (Wildman–Crippen MR) is 47.5 cm³/mol. The van der Waals surface area contributed by atoms with E-state index in [0.717, 1.165) is 4.88 Å². The fraction of sp³-hybridized carbons (Fsp3) is 0.333. The zero-order valence-electron chi connectivity index (χ0n) is 6.37. The lowest BCUT2D eigenvalue weighted by atomic mass is 10.3. The third kappa shape index (κ3) is 2.75. The molecule has 0 saturated heterocycles. The molecule has 0 aliphatic rings. The van der Waals surface area contributed by atoms with Crippen LogP contribution in [0.5, 0.6) is 0 Å². The van der Waals surface area contributed by atoms with Crippen LogP contribution in [0.15, 0.2) is 17.5 Å². The quantitative estimate of drug-likeness (QED) is 0.631. The molecule has 0 amide bonds. The Labute approximate surface area is 70.7 Å². The van der Waals surface area contributed by atoms with E-state index in [1.807, 2.05) is 24.4 Å². The predicted octanol–water partition coefficient (Wildman–Crippen LogP) is 1.87. The lowest BCUT2D eigenvalue weighted by Crippen LogP contribution is -1.98. The molecule has 0 fully saturated rings. The van der Waals surface area contributed by atoms with E-state index in [-0.39, 0.29) is 0 Å². The molecule has 1 heterocycles. The highest BCUT2D eigenvalue weighted by Crippen LogP contribution is 2.05. The third-order valence-electron chi connectivity index (χ3n) is 1.27. The van der Waals surface area contributed by atoms with Gasteiger partial charge in [0.1, 0.15) is 6.10 Å². The minimum atomic E-state index is -0.475. The van der Waals surface area contributed by atoms with Crippen molar-refractivity contribution in [1.29, 1.82) is 0 Å². The van der Waals surface area contributed by atoms with Crippen LogP contribution in [0.4, 0.5) is 0 Å². The van der Waals surface area contributed by atoms with Gasteiger partial charge in [-0.25, -0.2) is 0 Å². The number of hydrogen-bond acceptors (Lipinski definition) is 2. The van der Waals surface area contributed by atoms with Crippen molar-refractivity contribution < 1.29 is 5.11 Å². The summed E-state index contributed by atoms with van der Waals surface area (Å²) in [7, 11) is 0. The monoisotopic (exact) mass is 166 g/mol. The molecule has 58 valence electrons. The van der Waals surface area contributed by atoms with Crippen LogP contribution >= 0.6 is 11.3 Å². The van der Waals surface area contributed by atoms with E-state index in [2.05, 4.69) is 11.8 Å². The fourth-order valence-electron chi connectivity index (χ4n) is 0.606. The van der Waals surface area contributed by atoms with Gasteiger partial charge in [-0.2, -0.15) is 0 Å². The van der Waals surface area contributed by atoms with E-state index in [9.17, 15) is 0 Å². The van der Waals surface area contributed by atoms with Crippen molar-refractivity contribution in [3.8, 4) is 11.8 Å². The van der Waals surface area contributed by atoms with Crippen molar-refractivity contribution in [1.82, 2.24) is 0 Å². The maximum atomic E-state index is 9.09. The smallest absolute Gasteiger partial charge is 0.114 e. The molecular formula is C9H10OS. The van der Waals surface area contributed by atoms with Crippen LogP contribution in [-0.4, -0.2) is 11.2 Å². The maximum Gasteiger partial charge on any atom is 0.114 e. The van der Waals surface area contributed by atoms with E-state index in [1.54, 1.807) is 11.3 Å². The summed E-state index contributed by atoms with van der Waals surface area (Å²) >= 11 is 1.59. The van der Waals surface area contributed by atoms with Crippen LogP contribution in [0.1, 0.15) is 18.2 Å². The fourth-order valence-corrected chi connectivity index (χ4v) is 1.18. The molecule has 0 saturated carbocycles. The lowest BCUT2D eigenvalue weighted by molar-refractivity contribution is 0.228. The molecule has 0 spiro atoms. The summed E-state index contributed by atoms with van der Waals surface area (Å²) in [6, 6.07) is 3.90. The number of rotatable bonds is 1. The molecule has 2 heteroatoms. The second-order valence-electron chi connectivity index (χ2n) is 2.17. The molecular weight excluding hydrogens is 156 g/mol. The normalized spacial score (nSPS) is 11.8. The average molecular weight is 166 g/mol. The standard InChI is InChI=1S/C9H10OS/c1-2-8(10)5-6-9-4-3-7-11-9/h3-4,7-8,10H,2H2,1H3. The van der Waals surface area contributed by atoms with Gasteiger partial charge in [0, 0.05) is 0 Å². The van der Waals surface area contributed by atoms with Crippen LogP contribution in [0, 0.1) is 11.8 Å². The Bertz CT molecular complexity index is 253. The van der Waals surface area contributed by atoms with Crippen molar-refractivity contribution in [2.45, 2.75) is 19.4 Å². The van der Waals surface area contributed by atoms with Gasteiger partial charge in [0.2, 0.25) is 0 Å². The summed E-state index contributed by atoms with van der Waals surface area (Å²) < 4.78 is 0. The molecule has 1 atom stereocenters. The van der Waals surface area contributed by atoms with Gasteiger partial charge in [0.25, 0.3) is 0 Å². The van der Waals surface area contributed by atoms with Crippen molar-refractivity contribution in [2.75, 3.05) is 0 Å². The minimum Gasteiger partial charge on any atom is -0.380 e. The van der Waals surface area contributed by atoms with Crippen LogP contribution in [0.3, 0.4) is 0 Å². The highest BCUT2D eigenvalue weighted by atomic mass is 32.1. The maximum absolute atomic E-state index is 9.09. The first-order valence-electron chi connectivity index (χ1n) is 3.56. The Morgan fingerprint density at radius 3 is 3.09 bits per heavy atom. The molecule has 1 unspecified atom stereocenters. The van der Waals surface area contributed by atoms with E-state index in [4.69, 9.17) is 5.11 Å². The van der Waals surface area contributed by atoms with Crippen molar-refractivity contribution in [3.63, 3.8) is 0 Å². The second-order valence-corrected chi connectivity index (χ2v) is 3.12. The molecule has 1 nitrogen and oxygen atoms in total. The highest BCUT2D eigenvalue weighted by Gasteiger charge is 1.91. The number of hydrogen-bond donors (Lipinski definition) is 1. The first kappa shape index (κ1) is 8.32. The number of aliphatic hydroxyl groups is 1. The molecule has 0 radical (unpaired) electrons. The van der Waals surface area contributed by atoms with E-state index in [1.165, 1.54) is 0 Å². The van der Waals surface area contributed by atoms with E-state index in [0.29, 0.717) is 6.42 Å². The molecule has 1 aromatic rings. The zero-order chi connectivity index (χ0) is 8.10. The topological polar surface area (TPSA) is 20.2 Å². The molecule has 1 N–H and O–H groups in total. The molecule has 11 heavy (non-hydrogen) atoms. The summed E-state index contributed by atoms with van der Waals surface area (Å²) in [5.41, 5.74) is 0. The summed E-state index contributed by atoms with van der Waals surface area (Å²) in [4.78, 5) is 1.01. The molecule has 0 aliphatic heterocycles. The molecule has 0 aromatic carbocycles. The Kier molecular flexibility index (Phi) is 3.15. The van der Waals surface area contributed by atoms with E-state index >= 15 is 0 Å². The van der Waals surface area contributed by atoms with Gasteiger partial charge in [-0.3, -0.25) is 0 Å². The van der Waals surface area contributed by atoms with Gasteiger partial charge in [-0.15, -0.1) is 11.3 Å². The Balaban J connectivity index is 2.58. The zero-order valence-corrected chi connectivity index (χ0v) is 7.19. The van der Waals surface area contributed by atoms with Crippen molar-refractivity contribution >= 4 is 11.3 Å². The van der Waals surface area contributed by atoms with Gasteiger partial charge < -0.3 is 5.11 Å². The van der Waals surface area contributed by atoms with Crippen molar-refractivity contribution in [2.24, 2.45) is 0 Å². The minimum absolute atomic E-state index is 0.475. The van der Waals surface area contributed by atoms with Gasteiger partial charge in [-0.05, 0) is 17.9 Å². The first-order valence-corrected chi connectivity index (χ1v) is 4.44. The first-order chi connectivity index (χ1) is 5.33. The number of aliphatic hydroxyl groups excluding tert-OH is 1. The van der Waals surface area contributed by atoms with Crippen LogP contribution in [0.2, 0.25) is 0 Å². The Morgan fingerprint density at radius 2 is 2.55 bits per heavy atom. The molecule has 0 bridgehead atoms. The molecule has 0 aliphatic carbocycles. The largest absolute Gasteiger partial charge is 0.380 e. The second kappa shape index (κ2) is 4.17. The van der Waals surface area contributed by atoms with Gasteiger partial charge in [0.05, 0.1) is 4.88 Å². The Morgan fingerprint density at radius 1 is 1.73 bits per heavy atom. The molecule has 1 aromatic heterocycles. The van der Waals surface area contributed by atoms with Crippen LogP contribution < -0.4 is 0 Å². The SMILES string of the molecule is CCC(O)C#Cc1cccs1. The summed E-state index contributed by atoms with van der Waals surface area (Å²) in [6.45, 7) is 1.91. The highest BCUT2D eigenvalue weighted by molar-refractivity contribution is 7.10. The third-order valence-corrected chi connectivity index (χ3v) is 2.06. The van der Waals surface area contributed by atoms with Gasteiger partial charge in [-0.1, -0.05) is 24.8 Å². The van der Waals surface area contributed by atoms with Crippen LogP contribution in [0.25, 0.3) is 0 Å².